The van der Waals surface area contributed by atoms with Crippen molar-refractivity contribution in [2.24, 2.45) is 0 Å². The highest BCUT2D eigenvalue weighted by molar-refractivity contribution is 5.99. The van der Waals surface area contributed by atoms with Gasteiger partial charge in [-0.25, -0.2) is 4.79 Å². The van der Waals surface area contributed by atoms with Crippen LogP contribution in [0.2, 0.25) is 0 Å². The van der Waals surface area contributed by atoms with Crippen LogP contribution in [0.15, 0.2) is 48.5 Å². The van der Waals surface area contributed by atoms with Crippen molar-refractivity contribution in [1.29, 1.82) is 0 Å². The molecule has 0 heterocycles. The lowest BCUT2D eigenvalue weighted by Gasteiger charge is -2.11. The molecule has 1 amide bonds. The monoisotopic (exact) mass is 283 g/mol. The van der Waals surface area contributed by atoms with Gasteiger partial charge in [0.2, 0.25) is 0 Å². The van der Waals surface area contributed by atoms with E-state index in [4.69, 9.17) is 0 Å². The van der Waals surface area contributed by atoms with E-state index in [0.717, 1.165) is 5.56 Å². The Balaban J connectivity index is 2.49. The van der Waals surface area contributed by atoms with Gasteiger partial charge in [0, 0.05) is 11.6 Å². The topological polar surface area (TPSA) is 66.4 Å². The summed E-state index contributed by atoms with van der Waals surface area (Å²) >= 11 is 0. The van der Waals surface area contributed by atoms with Crippen molar-refractivity contribution in [2.45, 2.75) is 19.9 Å². The standard InChI is InChI=1S/C17H17NO3/c1-11(2)18-16(19)14-8-13(9-15(10-14)17(20)21)12-6-4-3-5-7-12/h3-11H,1-2H3,(H,18,19)(H,20,21). The van der Waals surface area contributed by atoms with Gasteiger partial charge in [-0.2, -0.15) is 0 Å². The molecule has 0 saturated carbocycles. The van der Waals surface area contributed by atoms with Gasteiger partial charge in [-0.3, -0.25) is 4.79 Å². The molecular formula is C17H17NO3. The van der Waals surface area contributed by atoms with Crippen molar-refractivity contribution in [1.82, 2.24) is 5.32 Å². The van der Waals surface area contributed by atoms with Gasteiger partial charge < -0.3 is 10.4 Å². The first-order valence-corrected chi connectivity index (χ1v) is 6.72. The Morgan fingerprint density at radius 3 is 2.14 bits per heavy atom. The minimum atomic E-state index is -1.05. The molecule has 0 fully saturated rings. The molecule has 0 unspecified atom stereocenters. The van der Waals surface area contributed by atoms with Crippen molar-refractivity contribution < 1.29 is 14.7 Å². The zero-order valence-corrected chi connectivity index (χ0v) is 12.0. The molecule has 0 atom stereocenters. The van der Waals surface area contributed by atoms with E-state index >= 15 is 0 Å². The van der Waals surface area contributed by atoms with Crippen molar-refractivity contribution in [2.75, 3.05) is 0 Å². The van der Waals surface area contributed by atoms with Gasteiger partial charge in [0.15, 0.2) is 0 Å². The van der Waals surface area contributed by atoms with Gasteiger partial charge in [-0.05, 0) is 43.2 Å². The molecule has 108 valence electrons. The van der Waals surface area contributed by atoms with E-state index in [1.54, 1.807) is 12.1 Å². The average molecular weight is 283 g/mol. The van der Waals surface area contributed by atoms with Crippen LogP contribution in [0.25, 0.3) is 11.1 Å². The molecule has 2 aromatic rings. The Hall–Kier alpha value is -2.62. The second kappa shape index (κ2) is 6.22. The number of nitrogens with one attached hydrogen (secondary N) is 1. The van der Waals surface area contributed by atoms with Crippen LogP contribution < -0.4 is 5.32 Å². The Bertz CT molecular complexity index is 663. The molecule has 2 aromatic carbocycles. The summed E-state index contributed by atoms with van der Waals surface area (Å²) < 4.78 is 0. The molecular weight excluding hydrogens is 266 g/mol. The lowest BCUT2D eigenvalue weighted by Crippen LogP contribution is -2.30. The fourth-order valence-corrected chi connectivity index (χ4v) is 2.02. The van der Waals surface area contributed by atoms with Crippen LogP contribution in [0.5, 0.6) is 0 Å². The van der Waals surface area contributed by atoms with Crippen LogP contribution in [-0.2, 0) is 0 Å². The molecule has 0 saturated heterocycles. The quantitative estimate of drug-likeness (QED) is 0.905. The number of aromatic carboxylic acids is 1. The zero-order chi connectivity index (χ0) is 15.4. The van der Waals surface area contributed by atoms with E-state index in [1.165, 1.54) is 6.07 Å². The molecule has 2 N–H and O–H groups in total. The molecule has 4 heteroatoms. The molecule has 0 aromatic heterocycles. The summed E-state index contributed by atoms with van der Waals surface area (Å²) in [4.78, 5) is 23.4. The molecule has 0 spiro atoms. The van der Waals surface area contributed by atoms with Gasteiger partial charge >= 0.3 is 5.97 Å². The number of hydrogen-bond acceptors (Lipinski definition) is 2. The summed E-state index contributed by atoms with van der Waals surface area (Å²) in [7, 11) is 0. The smallest absolute Gasteiger partial charge is 0.335 e. The number of carbonyl (C=O) groups excluding carboxylic acids is 1. The molecule has 0 radical (unpaired) electrons. The van der Waals surface area contributed by atoms with Crippen LogP contribution in [0.3, 0.4) is 0 Å². The van der Waals surface area contributed by atoms with E-state index < -0.39 is 5.97 Å². The highest BCUT2D eigenvalue weighted by atomic mass is 16.4. The van der Waals surface area contributed by atoms with Gasteiger partial charge in [0.25, 0.3) is 5.91 Å². The van der Waals surface area contributed by atoms with Crippen LogP contribution in [0.4, 0.5) is 0 Å². The number of amides is 1. The van der Waals surface area contributed by atoms with E-state index in [2.05, 4.69) is 5.32 Å². The highest BCUT2D eigenvalue weighted by Crippen LogP contribution is 2.22. The SMILES string of the molecule is CC(C)NC(=O)c1cc(C(=O)O)cc(-c2ccccc2)c1. The normalized spacial score (nSPS) is 10.4. The summed E-state index contributed by atoms with van der Waals surface area (Å²) in [6, 6.07) is 14.1. The Labute approximate surface area is 123 Å². The van der Waals surface area contributed by atoms with Gasteiger partial charge in [-0.1, -0.05) is 30.3 Å². The highest BCUT2D eigenvalue weighted by Gasteiger charge is 2.13. The summed E-state index contributed by atoms with van der Waals surface area (Å²) in [5.41, 5.74) is 2.04. The second-order valence-corrected chi connectivity index (χ2v) is 5.10. The number of hydrogen-bond donors (Lipinski definition) is 2. The minimum absolute atomic E-state index is 0.00819. The molecule has 0 aliphatic carbocycles. The Morgan fingerprint density at radius 1 is 0.952 bits per heavy atom. The fraction of sp³-hybridized carbons (Fsp3) is 0.176. The number of carbonyl (C=O) groups is 2. The van der Waals surface area contributed by atoms with Gasteiger partial charge in [0.05, 0.1) is 5.56 Å². The van der Waals surface area contributed by atoms with Crippen LogP contribution in [0.1, 0.15) is 34.6 Å². The van der Waals surface area contributed by atoms with Gasteiger partial charge in [0.1, 0.15) is 0 Å². The Kier molecular flexibility index (Phi) is 4.38. The van der Waals surface area contributed by atoms with E-state index in [1.807, 2.05) is 44.2 Å². The molecule has 21 heavy (non-hydrogen) atoms. The largest absolute Gasteiger partial charge is 0.478 e. The fourth-order valence-electron chi connectivity index (χ4n) is 2.02. The summed E-state index contributed by atoms with van der Waals surface area (Å²) in [5.74, 6) is -1.32. The molecule has 0 aliphatic heterocycles. The predicted octanol–water partition coefficient (Wildman–Crippen LogP) is 3.19. The average Bonchev–Trinajstić information content (AvgIpc) is 2.47. The molecule has 4 nitrogen and oxygen atoms in total. The predicted molar refractivity (Wildman–Crippen MR) is 81.4 cm³/mol. The second-order valence-electron chi connectivity index (χ2n) is 5.10. The van der Waals surface area contributed by atoms with Crippen molar-refractivity contribution in [3.63, 3.8) is 0 Å². The third-order valence-electron chi connectivity index (χ3n) is 2.97. The maximum absolute atomic E-state index is 12.1. The van der Waals surface area contributed by atoms with Crippen LogP contribution >= 0.6 is 0 Å². The molecule has 0 aliphatic rings. The van der Waals surface area contributed by atoms with E-state index in [9.17, 15) is 14.7 Å². The maximum atomic E-state index is 12.1. The lowest BCUT2D eigenvalue weighted by atomic mass is 9.99. The van der Waals surface area contributed by atoms with Crippen molar-refractivity contribution in [3.05, 3.63) is 59.7 Å². The Morgan fingerprint density at radius 2 is 1.57 bits per heavy atom. The summed E-state index contributed by atoms with van der Waals surface area (Å²) in [6.07, 6.45) is 0. The lowest BCUT2D eigenvalue weighted by molar-refractivity contribution is 0.0697. The van der Waals surface area contributed by atoms with Gasteiger partial charge in [-0.15, -0.1) is 0 Å². The van der Waals surface area contributed by atoms with Crippen molar-refractivity contribution in [3.8, 4) is 11.1 Å². The minimum Gasteiger partial charge on any atom is -0.478 e. The van der Waals surface area contributed by atoms with Crippen molar-refractivity contribution >= 4 is 11.9 Å². The number of carboxylic acid groups (broad SMARTS) is 1. The molecule has 0 bridgehead atoms. The first-order valence-electron chi connectivity index (χ1n) is 6.72. The third kappa shape index (κ3) is 3.69. The third-order valence-corrected chi connectivity index (χ3v) is 2.97. The van der Waals surface area contributed by atoms with Crippen LogP contribution in [0, 0.1) is 0 Å². The first kappa shape index (κ1) is 14.8. The summed E-state index contributed by atoms with van der Waals surface area (Å²) in [6.45, 7) is 3.72. The van der Waals surface area contributed by atoms with E-state index in [-0.39, 0.29) is 17.5 Å². The number of carboxylic acids is 1. The van der Waals surface area contributed by atoms with Crippen LogP contribution in [-0.4, -0.2) is 23.0 Å². The first-order chi connectivity index (χ1) is 9.97. The zero-order valence-electron chi connectivity index (χ0n) is 12.0. The number of benzene rings is 2. The van der Waals surface area contributed by atoms with E-state index in [0.29, 0.717) is 11.1 Å². The number of rotatable bonds is 4. The molecule has 2 rings (SSSR count). The summed E-state index contributed by atoms with van der Waals surface area (Å²) in [5, 5.41) is 12.0. The maximum Gasteiger partial charge on any atom is 0.335 e.